The normalized spacial score (nSPS) is 10.9. The van der Waals surface area contributed by atoms with Gasteiger partial charge in [0, 0.05) is 12.8 Å². The Morgan fingerprint density at radius 2 is 2.24 bits per heavy atom. The van der Waals surface area contributed by atoms with Crippen molar-refractivity contribution in [2.24, 2.45) is 0 Å². The van der Waals surface area contributed by atoms with Gasteiger partial charge in [0.2, 0.25) is 0 Å². The van der Waals surface area contributed by atoms with Crippen LogP contribution in [-0.4, -0.2) is 23.8 Å². The molecular formula is C12H17N3OS. The Bertz CT molecular complexity index is 464. The molecule has 1 N–H and O–H groups in total. The SMILES string of the molecule is CCc1ccc(-c2nnc(CCCNC)s2)o1. The van der Waals surface area contributed by atoms with Crippen molar-refractivity contribution in [2.75, 3.05) is 13.6 Å². The monoisotopic (exact) mass is 251 g/mol. The Kier molecular flexibility index (Phi) is 4.28. The van der Waals surface area contributed by atoms with E-state index in [1.165, 1.54) is 0 Å². The fourth-order valence-corrected chi connectivity index (χ4v) is 2.40. The highest BCUT2D eigenvalue weighted by atomic mass is 32.1. The van der Waals surface area contributed by atoms with E-state index in [0.29, 0.717) is 0 Å². The molecular weight excluding hydrogens is 234 g/mol. The summed E-state index contributed by atoms with van der Waals surface area (Å²) in [6.07, 6.45) is 2.97. The Labute approximate surface area is 105 Å². The van der Waals surface area contributed by atoms with Gasteiger partial charge in [0.25, 0.3) is 0 Å². The first-order chi connectivity index (χ1) is 8.33. The molecule has 0 atom stereocenters. The van der Waals surface area contributed by atoms with E-state index in [-0.39, 0.29) is 0 Å². The number of nitrogens with one attached hydrogen (secondary N) is 1. The van der Waals surface area contributed by atoms with E-state index in [4.69, 9.17) is 4.42 Å². The molecule has 17 heavy (non-hydrogen) atoms. The van der Waals surface area contributed by atoms with E-state index in [1.54, 1.807) is 11.3 Å². The lowest BCUT2D eigenvalue weighted by Gasteiger charge is -1.94. The molecule has 2 aromatic rings. The molecule has 0 bridgehead atoms. The van der Waals surface area contributed by atoms with Gasteiger partial charge in [-0.15, -0.1) is 10.2 Å². The first-order valence-electron chi connectivity index (χ1n) is 5.89. The van der Waals surface area contributed by atoms with Crippen molar-refractivity contribution in [3.05, 3.63) is 22.9 Å². The molecule has 92 valence electrons. The molecule has 0 saturated heterocycles. The van der Waals surface area contributed by atoms with E-state index < -0.39 is 0 Å². The summed E-state index contributed by atoms with van der Waals surface area (Å²) in [6.45, 7) is 3.08. The number of hydrogen-bond donors (Lipinski definition) is 1. The predicted molar refractivity (Wildman–Crippen MR) is 69.2 cm³/mol. The van der Waals surface area contributed by atoms with Crippen molar-refractivity contribution in [3.63, 3.8) is 0 Å². The van der Waals surface area contributed by atoms with Crippen LogP contribution in [-0.2, 0) is 12.8 Å². The van der Waals surface area contributed by atoms with Crippen LogP contribution in [0.25, 0.3) is 10.8 Å². The molecule has 2 heterocycles. The molecule has 0 aliphatic heterocycles. The summed E-state index contributed by atoms with van der Waals surface area (Å²) in [6, 6.07) is 3.97. The van der Waals surface area contributed by atoms with Gasteiger partial charge < -0.3 is 9.73 Å². The third kappa shape index (κ3) is 3.14. The minimum atomic E-state index is 0.833. The summed E-state index contributed by atoms with van der Waals surface area (Å²) < 4.78 is 5.65. The second-order valence-corrected chi connectivity index (χ2v) is 4.89. The molecule has 0 unspecified atom stereocenters. The molecule has 0 radical (unpaired) electrons. The van der Waals surface area contributed by atoms with E-state index in [2.05, 4.69) is 22.4 Å². The van der Waals surface area contributed by atoms with Crippen LogP contribution < -0.4 is 5.32 Å². The minimum Gasteiger partial charge on any atom is -0.459 e. The second-order valence-electron chi connectivity index (χ2n) is 3.83. The maximum atomic E-state index is 5.65. The Balaban J connectivity index is 2.02. The Morgan fingerprint density at radius 1 is 1.35 bits per heavy atom. The van der Waals surface area contributed by atoms with Crippen LogP contribution in [0.5, 0.6) is 0 Å². The molecule has 0 fully saturated rings. The van der Waals surface area contributed by atoms with Crippen molar-refractivity contribution in [3.8, 4) is 10.8 Å². The summed E-state index contributed by atoms with van der Waals surface area (Å²) in [4.78, 5) is 0. The Hall–Kier alpha value is -1.20. The predicted octanol–water partition coefficient (Wildman–Crippen LogP) is 2.51. The van der Waals surface area contributed by atoms with Crippen LogP contribution in [0.2, 0.25) is 0 Å². The summed E-state index contributed by atoms with van der Waals surface area (Å²) >= 11 is 1.62. The van der Waals surface area contributed by atoms with Crippen molar-refractivity contribution in [1.82, 2.24) is 15.5 Å². The van der Waals surface area contributed by atoms with Crippen LogP contribution in [0, 0.1) is 0 Å². The number of aromatic nitrogens is 2. The molecule has 2 rings (SSSR count). The van der Waals surface area contributed by atoms with E-state index >= 15 is 0 Å². The molecule has 0 amide bonds. The standard InChI is InChI=1S/C12H17N3OS/c1-3-9-6-7-10(16-9)12-15-14-11(17-12)5-4-8-13-2/h6-7,13H,3-5,8H2,1-2H3. The maximum absolute atomic E-state index is 5.65. The molecule has 0 aromatic carbocycles. The fourth-order valence-electron chi connectivity index (χ4n) is 1.55. The van der Waals surface area contributed by atoms with Crippen molar-refractivity contribution < 1.29 is 4.42 Å². The topological polar surface area (TPSA) is 51.0 Å². The molecule has 0 aliphatic carbocycles. The number of hydrogen-bond acceptors (Lipinski definition) is 5. The van der Waals surface area contributed by atoms with Gasteiger partial charge in [-0.25, -0.2) is 0 Å². The van der Waals surface area contributed by atoms with Gasteiger partial charge in [-0.3, -0.25) is 0 Å². The van der Waals surface area contributed by atoms with Gasteiger partial charge in [-0.2, -0.15) is 0 Å². The summed E-state index contributed by atoms with van der Waals surface area (Å²) in [5.74, 6) is 1.83. The van der Waals surface area contributed by atoms with Crippen LogP contribution >= 0.6 is 11.3 Å². The van der Waals surface area contributed by atoms with E-state index in [0.717, 1.165) is 47.3 Å². The van der Waals surface area contributed by atoms with Crippen molar-refractivity contribution in [1.29, 1.82) is 0 Å². The number of aryl methyl sites for hydroxylation is 2. The van der Waals surface area contributed by atoms with E-state index in [9.17, 15) is 0 Å². The molecule has 0 spiro atoms. The second kappa shape index (κ2) is 5.93. The number of rotatable bonds is 6. The lowest BCUT2D eigenvalue weighted by molar-refractivity contribution is 0.528. The highest BCUT2D eigenvalue weighted by molar-refractivity contribution is 7.14. The lowest BCUT2D eigenvalue weighted by atomic mass is 10.3. The van der Waals surface area contributed by atoms with Gasteiger partial charge in [0.1, 0.15) is 10.8 Å². The highest BCUT2D eigenvalue weighted by Gasteiger charge is 2.10. The zero-order valence-electron chi connectivity index (χ0n) is 10.2. The molecule has 4 nitrogen and oxygen atoms in total. The molecule has 2 aromatic heterocycles. The highest BCUT2D eigenvalue weighted by Crippen LogP contribution is 2.26. The first-order valence-corrected chi connectivity index (χ1v) is 6.71. The zero-order valence-corrected chi connectivity index (χ0v) is 11.0. The molecule has 5 heteroatoms. The smallest absolute Gasteiger partial charge is 0.183 e. The van der Waals surface area contributed by atoms with Gasteiger partial charge in [0.15, 0.2) is 10.8 Å². The lowest BCUT2D eigenvalue weighted by Crippen LogP contribution is -2.08. The average Bonchev–Trinajstić information content (AvgIpc) is 2.97. The summed E-state index contributed by atoms with van der Waals surface area (Å²) in [5, 5.41) is 13.4. The molecule has 0 aliphatic rings. The van der Waals surface area contributed by atoms with Crippen LogP contribution in [0.1, 0.15) is 24.1 Å². The first kappa shape index (κ1) is 12.3. The van der Waals surface area contributed by atoms with Gasteiger partial charge in [-0.1, -0.05) is 18.3 Å². The third-order valence-corrected chi connectivity index (χ3v) is 3.50. The van der Waals surface area contributed by atoms with Crippen LogP contribution in [0.15, 0.2) is 16.5 Å². The van der Waals surface area contributed by atoms with Crippen molar-refractivity contribution >= 4 is 11.3 Å². The number of nitrogens with zero attached hydrogens (tertiary/aromatic N) is 2. The fraction of sp³-hybridized carbons (Fsp3) is 0.500. The quantitative estimate of drug-likeness (QED) is 0.801. The number of furan rings is 1. The average molecular weight is 251 g/mol. The van der Waals surface area contributed by atoms with E-state index in [1.807, 2.05) is 19.2 Å². The maximum Gasteiger partial charge on any atom is 0.183 e. The third-order valence-electron chi connectivity index (χ3n) is 2.51. The minimum absolute atomic E-state index is 0.833. The Morgan fingerprint density at radius 3 is 2.94 bits per heavy atom. The summed E-state index contributed by atoms with van der Waals surface area (Å²) in [5.41, 5.74) is 0. The van der Waals surface area contributed by atoms with Gasteiger partial charge in [0.05, 0.1) is 0 Å². The summed E-state index contributed by atoms with van der Waals surface area (Å²) in [7, 11) is 1.96. The van der Waals surface area contributed by atoms with Gasteiger partial charge >= 0.3 is 0 Å². The van der Waals surface area contributed by atoms with Crippen LogP contribution in [0.4, 0.5) is 0 Å². The van der Waals surface area contributed by atoms with Crippen molar-refractivity contribution in [2.45, 2.75) is 26.2 Å². The zero-order chi connectivity index (χ0) is 12.1. The van der Waals surface area contributed by atoms with Crippen LogP contribution in [0.3, 0.4) is 0 Å². The van der Waals surface area contributed by atoms with Gasteiger partial charge in [-0.05, 0) is 32.1 Å². The molecule has 0 saturated carbocycles. The largest absolute Gasteiger partial charge is 0.459 e.